The van der Waals surface area contributed by atoms with E-state index in [9.17, 15) is 4.79 Å². The highest BCUT2D eigenvalue weighted by molar-refractivity contribution is 9.10. The highest BCUT2D eigenvalue weighted by Crippen LogP contribution is 2.03. The Morgan fingerprint density at radius 1 is 1.42 bits per heavy atom. The number of fused-ring (bicyclic) bond motifs is 1. The second-order valence-corrected chi connectivity index (χ2v) is 3.03. The van der Waals surface area contributed by atoms with E-state index in [1.807, 2.05) is 0 Å². The lowest BCUT2D eigenvalue weighted by Gasteiger charge is -1.96. The van der Waals surface area contributed by atoms with Crippen molar-refractivity contribution in [2.24, 2.45) is 0 Å². The van der Waals surface area contributed by atoms with Crippen LogP contribution in [0, 0.1) is 0 Å². The molecule has 4 nitrogen and oxygen atoms in total. The Labute approximate surface area is 76.0 Å². The van der Waals surface area contributed by atoms with Crippen LogP contribution in [0.3, 0.4) is 0 Å². The number of hydrogen-bond donors (Lipinski definition) is 0. The molecule has 0 amide bonds. The van der Waals surface area contributed by atoms with E-state index >= 15 is 0 Å². The first-order chi connectivity index (χ1) is 5.77. The zero-order valence-corrected chi connectivity index (χ0v) is 7.52. The second kappa shape index (κ2) is 2.67. The molecule has 0 saturated heterocycles. The number of rotatable bonds is 0. The van der Waals surface area contributed by atoms with Crippen molar-refractivity contribution in [1.29, 1.82) is 0 Å². The first-order valence-electron chi connectivity index (χ1n) is 3.26. The quantitative estimate of drug-likeness (QED) is 0.669. The summed E-state index contributed by atoms with van der Waals surface area (Å²) in [5.74, 6) is 0. The van der Waals surface area contributed by atoms with Crippen LogP contribution in [-0.4, -0.2) is 14.4 Å². The SMILES string of the molecule is O=c1ccnc2cnc(Br)cn12. The Morgan fingerprint density at radius 3 is 3.08 bits per heavy atom. The van der Waals surface area contributed by atoms with Gasteiger partial charge >= 0.3 is 0 Å². The summed E-state index contributed by atoms with van der Waals surface area (Å²) in [4.78, 5) is 19.1. The second-order valence-electron chi connectivity index (χ2n) is 2.22. The van der Waals surface area contributed by atoms with Gasteiger partial charge in [-0.1, -0.05) is 0 Å². The monoisotopic (exact) mass is 225 g/mol. The summed E-state index contributed by atoms with van der Waals surface area (Å²) in [7, 11) is 0. The summed E-state index contributed by atoms with van der Waals surface area (Å²) in [6.07, 6.45) is 4.59. The van der Waals surface area contributed by atoms with Gasteiger partial charge in [0.2, 0.25) is 0 Å². The molecule has 0 aliphatic heterocycles. The molecule has 0 fully saturated rings. The molecule has 2 aromatic rings. The lowest BCUT2D eigenvalue weighted by atomic mass is 10.6. The summed E-state index contributed by atoms with van der Waals surface area (Å²) < 4.78 is 2.04. The van der Waals surface area contributed by atoms with Crippen molar-refractivity contribution in [3.8, 4) is 0 Å². The predicted octanol–water partition coefficient (Wildman–Crippen LogP) is 0.852. The van der Waals surface area contributed by atoms with Gasteiger partial charge in [0.15, 0.2) is 5.65 Å². The summed E-state index contributed by atoms with van der Waals surface area (Å²) in [5, 5.41) is 0. The molecule has 0 N–H and O–H groups in total. The maximum absolute atomic E-state index is 11.2. The molecular weight excluding hydrogens is 222 g/mol. The van der Waals surface area contributed by atoms with Crippen LogP contribution in [0.1, 0.15) is 0 Å². The van der Waals surface area contributed by atoms with E-state index in [1.54, 1.807) is 6.20 Å². The Morgan fingerprint density at radius 2 is 2.25 bits per heavy atom. The standard InChI is InChI=1S/C7H4BrN3O/c8-5-4-11-6(3-10-5)9-2-1-7(11)12/h1-4H. The Balaban J connectivity index is 2.98. The largest absolute Gasteiger partial charge is 0.269 e. The fourth-order valence-corrected chi connectivity index (χ4v) is 1.22. The van der Waals surface area contributed by atoms with Crippen molar-refractivity contribution in [2.45, 2.75) is 0 Å². The Bertz CT molecular complexity index is 479. The van der Waals surface area contributed by atoms with Crippen LogP contribution >= 0.6 is 15.9 Å². The Hall–Kier alpha value is -1.23. The van der Waals surface area contributed by atoms with Crippen LogP contribution in [0.4, 0.5) is 0 Å². The van der Waals surface area contributed by atoms with Gasteiger partial charge in [-0.25, -0.2) is 9.97 Å². The van der Waals surface area contributed by atoms with Crippen molar-refractivity contribution >= 4 is 21.6 Å². The molecule has 0 saturated carbocycles. The van der Waals surface area contributed by atoms with Crippen molar-refractivity contribution in [2.75, 3.05) is 0 Å². The minimum Gasteiger partial charge on any atom is -0.269 e. The van der Waals surface area contributed by atoms with Gasteiger partial charge in [0, 0.05) is 18.5 Å². The van der Waals surface area contributed by atoms with Gasteiger partial charge < -0.3 is 0 Å². The van der Waals surface area contributed by atoms with Crippen molar-refractivity contribution < 1.29 is 0 Å². The first-order valence-corrected chi connectivity index (χ1v) is 4.05. The van der Waals surface area contributed by atoms with E-state index in [4.69, 9.17) is 0 Å². The summed E-state index contributed by atoms with van der Waals surface area (Å²) >= 11 is 3.17. The van der Waals surface area contributed by atoms with E-state index < -0.39 is 0 Å². The summed E-state index contributed by atoms with van der Waals surface area (Å²) in [6, 6.07) is 1.40. The molecule has 0 aliphatic rings. The van der Waals surface area contributed by atoms with Crippen LogP contribution in [0.2, 0.25) is 0 Å². The topological polar surface area (TPSA) is 47.3 Å². The van der Waals surface area contributed by atoms with Gasteiger partial charge in [-0.15, -0.1) is 0 Å². The lowest BCUT2D eigenvalue weighted by molar-refractivity contribution is 1.00. The maximum Gasteiger partial charge on any atom is 0.257 e. The fourth-order valence-electron chi connectivity index (χ4n) is 0.917. The Kier molecular flexibility index (Phi) is 1.65. The predicted molar refractivity (Wildman–Crippen MR) is 47.0 cm³/mol. The van der Waals surface area contributed by atoms with Crippen LogP contribution in [0.5, 0.6) is 0 Å². The minimum absolute atomic E-state index is 0.108. The zero-order valence-electron chi connectivity index (χ0n) is 5.94. The molecule has 0 bridgehead atoms. The molecule has 0 radical (unpaired) electrons. The highest BCUT2D eigenvalue weighted by atomic mass is 79.9. The fraction of sp³-hybridized carbons (Fsp3) is 0. The van der Waals surface area contributed by atoms with Gasteiger partial charge in [0.25, 0.3) is 5.56 Å². The molecule has 60 valence electrons. The van der Waals surface area contributed by atoms with Gasteiger partial charge in [-0.05, 0) is 15.9 Å². The molecule has 2 rings (SSSR count). The van der Waals surface area contributed by atoms with E-state index in [0.717, 1.165) is 0 Å². The average molecular weight is 226 g/mol. The van der Waals surface area contributed by atoms with E-state index in [0.29, 0.717) is 10.3 Å². The van der Waals surface area contributed by atoms with E-state index in [-0.39, 0.29) is 5.56 Å². The number of nitrogens with zero attached hydrogens (tertiary/aromatic N) is 3. The maximum atomic E-state index is 11.2. The third-order valence-corrected chi connectivity index (χ3v) is 1.86. The average Bonchev–Trinajstić information content (AvgIpc) is 2.07. The summed E-state index contributed by atoms with van der Waals surface area (Å²) in [5.41, 5.74) is 0.439. The highest BCUT2D eigenvalue weighted by Gasteiger charge is 1.96. The molecule has 12 heavy (non-hydrogen) atoms. The van der Waals surface area contributed by atoms with Gasteiger partial charge in [-0.3, -0.25) is 9.20 Å². The molecule has 0 unspecified atom stereocenters. The van der Waals surface area contributed by atoms with Gasteiger partial charge in [-0.2, -0.15) is 0 Å². The molecule has 2 heterocycles. The van der Waals surface area contributed by atoms with E-state index in [2.05, 4.69) is 25.9 Å². The molecule has 0 spiro atoms. The van der Waals surface area contributed by atoms with Crippen molar-refractivity contribution in [1.82, 2.24) is 14.4 Å². The molecular formula is C7H4BrN3O. The lowest BCUT2D eigenvalue weighted by Crippen LogP contribution is -2.12. The smallest absolute Gasteiger partial charge is 0.257 e. The van der Waals surface area contributed by atoms with Gasteiger partial charge in [0.1, 0.15) is 4.60 Å². The zero-order chi connectivity index (χ0) is 8.55. The third-order valence-electron chi connectivity index (χ3n) is 1.45. The molecule has 2 aromatic heterocycles. The molecule has 0 aliphatic carbocycles. The summed E-state index contributed by atoms with van der Waals surface area (Å²) in [6.45, 7) is 0. The number of halogens is 1. The van der Waals surface area contributed by atoms with Crippen LogP contribution in [-0.2, 0) is 0 Å². The van der Waals surface area contributed by atoms with Crippen LogP contribution < -0.4 is 5.56 Å². The first kappa shape index (κ1) is 7.42. The number of hydrogen-bond acceptors (Lipinski definition) is 3. The minimum atomic E-state index is -0.108. The van der Waals surface area contributed by atoms with E-state index in [1.165, 1.54) is 22.9 Å². The van der Waals surface area contributed by atoms with Crippen LogP contribution in [0.25, 0.3) is 5.65 Å². The molecule has 5 heteroatoms. The van der Waals surface area contributed by atoms with Crippen molar-refractivity contribution in [3.05, 3.63) is 39.6 Å². The molecule has 0 aromatic carbocycles. The van der Waals surface area contributed by atoms with Crippen molar-refractivity contribution in [3.63, 3.8) is 0 Å². The third kappa shape index (κ3) is 1.12. The van der Waals surface area contributed by atoms with Crippen LogP contribution in [0.15, 0.2) is 34.1 Å². The normalized spacial score (nSPS) is 10.4. The van der Waals surface area contributed by atoms with Gasteiger partial charge in [0.05, 0.1) is 6.20 Å². The number of aromatic nitrogens is 3. The molecule has 0 atom stereocenters.